The Morgan fingerprint density at radius 2 is 1.93 bits per heavy atom. The van der Waals surface area contributed by atoms with Crippen LogP contribution < -0.4 is 5.32 Å². The molecule has 0 unspecified atom stereocenters. The normalized spacial score (nSPS) is 13.8. The SMILES string of the molecule is CC(C)C[C@@H](O)CNC(=O)OC(C)(C)C. The Morgan fingerprint density at radius 3 is 2.33 bits per heavy atom. The highest BCUT2D eigenvalue weighted by molar-refractivity contribution is 5.67. The molecule has 0 aliphatic rings. The molecule has 1 atom stereocenters. The summed E-state index contributed by atoms with van der Waals surface area (Å²) >= 11 is 0. The van der Waals surface area contributed by atoms with E-state index < -0.39 is 17.8 Å². The molecule has 0 bridgehead atoms. The van der Waals surface area contributed by atoms with Gasteiger partial charge < -0.3 is 15.2 Å². The standard InChI is InChI=1S/C11H23NO3/c1-8(2)6-9(13)7-12-10(14)15-11(3,4)5/h8-9,13H,6-7H2,1-5H3,(H,12,14)/t9-/m1/s1. The molecule has 0 aliphatic heterocycles. The number of aliphatic hydroxyl groups is 1. The third-order valence-electron chi connectivity index (χ3n) is 1.62. The van der Waals surface area contributed by atoms with Gasteiger partial charge in [0.1, 0.15) is 5.60 Å². The first kappa shape index (κ1) is 14.2. The molecular formula is C11H23NO3. The molecule has 15 heavy (non-hydrogen) atoms. The lowest BCUT2D eigenvalue weighted by atomic mass is 10.1. The van der Waals surface area contributed by atoms with Crippen LogP contribution in [0.15, 0.2) is 0 Å². The molecule has 0 aromatic carbocycles. The van der Waals surface area contributed by atoms with Gasteiger partial charge >= 0.3 is 6.09 Å². The highest BCUT2D eigenvalue weighted by Crippen LogP contribution is 2.07. The number of carbonyl (C=O) groups excluding carboxylic acids is 1. The molecule has 4 nitrogen and oxygen atoms in total. The van der Waals surface area contributed by atoms with Gasteiger partial charge in [-0.25, -0.2) is 4.79 Å². The van der Waals surface area contributed by atoms with Crippen molar-refractivity contribution in [2.75, 3.05) is 6.54 Å². The number of ether oxygens (including phenoxy) is 1. The number of carbonyl (C=O) groups is 1. The van der Waals surface area contributed by atoms with Crippen LogP contribution in [0, 0.1) is 5.92 Å². The molecule has 1 amide bonds. The highest BCUT2D eigenvalue weighted by Gasteiger charge is 2.16. The van der Waals surface area contributed by atoms with E-state index in [0.717, 1.165) is 0 Å². The summed E-state index contributed by atoms with van der Waals surface area (Å²) in [5.74, 6) is 0.417. The molecule has 0 aromatic rings. The second-order valence-electron chi connectivity index (χ2n) is 5.17. The van der Waals surface area contributed by atoms with Gasteiger partial charge in [0.15, 0.2) is 0 Å². The van der Waals surface area contributed by atoms with E-state index in [9.17, 15) is 9.90 Å². The van der Waals surface area contributed by atoms with Crippen molar-refractivity contribution in [1.82, 2.24) is 5.32 Å². The fourth-order valence-corrected chi connectivity index (χ4v) is 1.14. The first-order valence-corrected chi connectivity index (χ1v) is 5.35. The van der Waals surface area contributed by atoms with E-state index in [4.69, 9.17) is 4.74 Å². The third-order valence-corrected chi connectivity index (χ3v) is 1.62. The minimum atomic E-state index is -0.502. The van der Waals surface area contributed by atoms with Crippen LogP contribution in [0.25, 0.3) is 0 Å². The monoisotopic (exact) mass is 217 g/mol. The third kappa shape index (κ3) is 9.53. The zero-order valence-corrected chi connectivity index (χ0v) is 10.3. The second-order valence-corrected chi connectivity index (χ2v) is 5.17. The Hall–Kier alpha value is -0.770. The minimum absolute atomic E-state index is 0.243. The average molecular weight is 217 g/mol. The van der Waals surface area contributed by atoms with E-state index in [0.29, 0.717) is 12.3 Å². The molecule has 0 rings (SSSR count). The van der Waals surface area contributed by atoms with Gasteiger partial charge in [-0.2, -0.15) is 0 Å². The molecule has 0 aromatic heterocycles. The Kier molecular flexibility index (Phi) is 5.65. The molecule has 0 fully saturated rings. The Balaban J connectivity index is 3.72. The van der Waals surface area contributed by atoms with Gasteiger partial charge in [-0.3, -0.25) is 0 Å². The zero-order chi connectivity index (χ0) is 12.1. The van der Waals surface area contributed by atoms with E-state index >= 15 is 0 Å². The lowest BCUT2D eigenvalue weighted by Crippen LogP contribution is -2.37. The van der Waals surface area contributed by atoms with Crippen molar-refractivity contribution >= 4 is 6.09 Å². The number of nitrogens with one attached hydrogen (secondary N) is 1. The van der Waals surface area contributed by atoms with E-state index in [1.807, 2.05) is 13.8 Å². The van der Waals surface area contributed by atoms with Gasteiger partial charge in [0.25, 0.3) is 0 Å². The highest BCUT2D eigenvalue weighted by atomic mass is 16.6. The quantitative estimate of drug-likeness (QED) is 0.756. The number of hydrogen-bond donors (Lipinski definition) is 2. The summed E-state index contributed by atoms with van der Waals surface area (Å²) in [6.07, 6.45) is -0.307. The first-order valence-electron chi connectivity index (χ1n) is 5.35. The van der Waals surface area contributed by atoms with Crippen LogP contribution in [0.5, 0.6) is 0 Å². The predicted octanol–water partition coefficient (Wildman–Crippen LogP) is 1.92. The van der Waals surface area contributed by atoms with Crippen LogP contribution >= 0.6 is 0 Å². The molecule has 2 N–H and O–H groups in total. The summed E-state index contributed by atoms with van der Waals surface area (Å²) in [7, 11) is 0. The van der Waals surface area contributed by atoms with Crippen molar-refractivity contribution in [3.8, 4) is 0 Å². The van der Waals surface area contributed by atoms with Crippen molar-refractivity contribution in [3.05, 3.63) is 0 Å². The summed E-state index contributed by atoms with van der Waals surface area (Å²) in [4.78, 5) is 11.2. The number of amides is 1. The van der Waals surface area contributed by atoms with Crippen LogP contribution in [0.1, 0.15) is 41.0 Å². The van der Waals surface area contributed by atoms with E-state index in [-0.39, 0.29) is 6.54 Å². The fraction of sp³-hybridized carbons (Fsp3) is 0.909. The van der Waals surface area contributed by atoms with Gasteiger partial charge in [0, 0.05) is 6.54 Å². The van der Waals surface area contributed by atoms with Crippen molar-refractivity contribution < 1.29 is 14.6 Å². The molecule has 0 saturated heterocycles. The van der Waals surface area contributed by atoms with Crippen molar-refractivity contribution in [3.63, 3.8) is 0 Å². The summed E-state index contributed by atoms with van der Waals surface area (Å²) in [5.41, 5.74) is -0.493. The molecule has 0 radical (unpaired) electrons. The molecule has 0 saturated carbocycles. The molecule has 4 heteroatoms. The van der Waals surface area contributed by atoms with Crippen LogP contribution in [-0.2, 0) is 4.74 Å². The maximum absolute atomic E-state index is 11.2. The van der Waals surface area contributed by atoms with E-state index in [1.54, 1.807) is 20.8 Å². The molecule has 0 heterocycles. The Morgan fingerprint density at radius 1 is 1.40 bits per heavy atom. The zero-order valence-electron chi connectivity index (χ0n) is 10.3. The summed E-state index contributed by atoms with van der Waals surface area (Å²) in [6.45, 7) is 9.70. The Bertz CT molecular complexity index is 196. The Labute approximate surface area is 92.0 Å². The fourth-order valence-electron chi connectivity index (χ4n) is 1.14. The first-order chi connectivity index (χ1) is 6.70. The largest absolute Gasteiger partial charge is 0.444 e. The van der Waals surface area contributed by atoms with Crippen LogP contribution in [-0.4, -0.2) is 29.4 Å². The number of hydrogen-bond acceptors (Lipinski definition) is 3. The minimum Gasteiger partial charge on any atom is -0.444 e. The van der Waals surface area contributed by atoms with E-state index in [2.05, 4.69) is 5.32 Å². The van der Waals surface area contributed by atoms with E-state index in [1.165, 1.54) is 0 Å². The predicted molar refractivity (Wildman–Crippen MR) is 59.7 cm³/mol. The van der Waals surface area contributed by atoms with Crippen molar-refractivity contribution in [1.29, 1.82) is 0 Å². The topological polar surface area (TPSA) is 58.6 Å². The maximum atomic E-state index is 11.2. The van der Waals surface area contributed by atoms with Crippen molar-refractivity contribution in [2.24, 2.45) is 5.92 Å². The van der Waals surface area contributed by atoms with Gasteiger partial charge in [-0.05, 0) is 33.1 Å². The van der Waals surface area contributed by atoms with Gasteiger partial charge in [-0.15, -0.1) is 0 Å². The summed E-state index contributed by atoms with van der Waals surface area (Å²) < 4.78 is 5.03. The van der Waals surface area contributed by atoms with Gasteiger partial charge in [0.05, 0.1) is 6.10 Å². The average Bonchev–Trinajstić information content (AvgIpc) is 1.96. The molecular weight excluding hydrogens is 194 g/mol. The van der Waals surface area contributed by atoms with Gasteiger partial charge in [-0.1, -0.05) is 13.8 Å². The lowest BCUT2D eigenvalue weighted by Gasteiger charge is -2.20. The lowest BCUT2D eigenvalue weighted by molar-refractivity contribution is 0.0482. The van der Waals surface area contributed by atoms with Crippen molar-refractivity contribution in [2.45, 2.75) is 52.7 Å². The van der Waals surface area contributed by atoms with Crippen LogP contribution in [0.4, 0.5) is 4.79 Å². The smallest absolute Gasteiger partial charge is 0.407 e. The summed E-state index contributed by atoms with van der Waals surface area (Å²) in [6, 6.07) is 0. The second kappa shape index (κ2) is 5.95. The maximum Gasteiger partial charge on any atom is 0.407 e. The summed E-state index contributed by atoms with van der Waals surface area (Å²) in [5, 5.41) is 12.0. The van der Waals surface area contributed by atoms with Gasteiger partial charge in [0.2, 0.25) is 0 Å². The molecule has 90 valence electrons. The molecule has 0 aliphatic carbocycles. The number of alkyl carbamates (subject to hydrolysis) is 1. The van der Waals surface area contributed by atoms with Crippen LogP contribution in [0.2, 0.25) is 0 Å². The molecule has 0 spiro atoms. The van der Waals surface area contributed by atoms with Crippen LogP contribution in [0.3, 0.4) is 0 Å². The number of rotatable bonds is 4. The number of aliphatic hydroxyl groups excluding tert-OH is 1.